The number of carboxylic acid groups (broad SMARTS) is 1. The van der Waals surface area contributed by atoms with Crippen LogP contribution in [-0.4, -0.2) is 29.4 Å². The van der Waals surface area contributed by atoms with Crippen molar-refractivity contribution in [3.63, 3.8) is 0 Å². The number of carboxylic acids is 1. The minimum atomic E-state index is -1.02. The van der Waals surface area contributed by atoms with E-state index < -0.39 is 35.9 Å². The van der Waals surface area contributed by atoms with Gasteiger partial charge in [-0.25, -0.2) is 4.39 Å². The Labute approximate surface area is 135 Å². The summed E-state index contributed by atoms with van der Waals surface area (Å²) in [5, 5.41) is 18.2. The first-order chi connectivity index (χ1) is 10.6. The van der Waals surface area contributed by atoms with E-state index in [1.165, 1.54) is 12.1 Å². The quantitative estimate of drug-likeness (QED) is 0.863. The molecule has 0 saturated carbocycles. The standard InChI is InChI=1S/C16H19BFNO4/c1-15(2)16(3,4)23-17(22-15)12(8-14(20)21)10-5-6-13(18)11(7-10)9-19/h5-7,12H,8H2,1-4H3,(H,20,21). The molecule has 5 nitrogen and oxygen atoms in total. The number of hydrogen-bond acceptors (Lipinski definition) is 4. The maximum Gasteiger partial charge on any atom is 0.466 e. The Hall–Kier alpha value is -1.91. The van der Waals surface area contributed by atoms with Crippen LogP contribution in [0.1, 0.15) is 51.1 Å². The summed E-state index contributed by atoms with van der Waals surface area (Å²) < 4.78 is 25.4. The third kappa shape index (κ3) is 3.38. The van der Waals surface area contributed by atoms with Crippen LogP contribution in [-0.2, 0) is 14.1 Å². The van der Waals surface area contributed by atoms with Gasteiger partial charge >= 0.3 is 13.1 Å². The minimum absolute atomic E-state index is 0.130. The summed E-state index contributed by atoms with van der Waals surface area (Å²) in [5.74, 6) is -2.30. The van der Waals surface area contributed by atoms with Gasteiger partial charge < -0.3 is 14.4 Å². The van der Waals surface area contributed by atoms with Gasteiger partial charge in [-0.3, -0.25) is 4.79 Å². The zero-order valence-corrected chi connectivity index (χ0v) is 13.6. The second-order valence-electron chi connectivity index (χ2n) is 6.68. The Bertz CT molecular complexity index is 653. The molecule has 0 aromatic heterocycles. The molecule has 0 spiro atoms. The fraction of sp³-hybridized carbons (Fsp3) is 0.500. The Balaban J connectivity index is 2.40. The summed E-state index contributed by atoms with van der Waals surface area (Å²) in [7, 11) is -0.784. The molecule has 122 valence electrons. The lowest BCUT2D eigenvalue weighted by Crippen LogP contribution is -2.41. The first kappa shape index (κ1) is 17.4. The molecule has 2 rings (SSSR count). The van der Waals surface area contributed by atoms with E-state index in [-0.39, 0.29) is 12.0 Å². The van der Waals surface area contributed by atoms with Crippen LogP contribution in [0, 0.1) is 17.1 Å². The average molecular weight is 319 g/mol. The van der Waals surface area contributed by atoms with Gasteiger partial charge in [0.1, 0.15) is 11.9 Å². The van der Waals surface area contributed by atoms with Crippen molar-refractivity contribution in [2.75, 3.05) is 0 Å². The van der Waals surface area contributed by atoms with Crippen molar-refractivity contribution >= 4 is 13.1 Å². The van der Waals surface area contributed by atoms with Crippen molar-refractivity contribution in [1.29, 1.82) is 5.26 Å². The Morgan fingerprint density at radius 3 is 2.39 bits per heavy atom. The highest BCUT2D eigenvalue weighted by atomic mass is 19.1. The van der Waals surface area contributed by atoms with Gasteiger partial charge in [0, 0.05) is 5.82 Å². The number of halogens is 1. The van der Waals surface area contributed by atoms with Crippen molar-refractivity contribution in [3.05, 3.63) is 35.1 Å². The van der Waals surface area contributed by atoms with Gasteiger partial charge in [0.2, 0.25) is 0 Å². The van der Waals surface area contributed by atoms with E-state index in [4.69, 9.17) is 14.6 Å². The van der Waals surface area contributed by atoms with Crippen LogP contribution in [0.4, 0.5) is 4.39 Å². The number of nitrogens with zero attached hydrogens (tertiary/aromatic N) is 1. The first-order valence-electron chi connectivity index (χ1n) is 7.34. The van der Waals surface area contributed by atoms with Crippen LogP contribution in [0.15, 0.2) is 18.2 Å². The van der Waals surface area contributed by atoms with E-state index in [9.17, 15) is 14.3 Å². The fourth-order valence-corrected chi connectivity index (χ4v) is 2.47. The SMILES string of the molecule is CC1(C)OB(C(CC(=O)O)c2ccc(F)c(C#N)c2)OC1(C)C. The lowest BCUT2D eigenvalue weighted by atomic mass is 9.66. The molecular formula is C16H19BFNO4. The van der Waals surface area contributed by atoms with Crippen LogP contribution >= 0.6 is 0 Å². The van der Waals surface area contributed by atoms with Crippen LogP contribution in [0.3, 0.4) is 0 Å². The van der Waals surface area contributed by atoms with Gasteiger partial charge in [-0.1, -0.05) is 6.07 Å². The summed E-state index contributed by atoms with van der Waals surface area (Å²) in [5.41, 5.74) is -0.836. The molecule has 1 aliphatic heterocycles. The average Bonchev–Trinajstić information content (AvgIpc) is 2.65. The Morgan fingerprint density at radius 2 is 1.91 bits per heavy atom. The minimum Gasteiger partial charge on any atom is -0.481 e. The van der Waals surface area contributed by atoms with Gasteiger partial charge in [-0.2, -0.15) is 5.26 Å². The second kappa shape index (κ2) is 5.95. The van der Waals surface area contributed by atoms with E-state index >= 15 is 0 Å². The van der Waals surface area contributed by atoms with Gasteiger partial charge in [0.25, 0.3) is 0 Å². The van der Waals surface area contributed by atoms with Gasteiger partial charge in [0.05, 0.1) is 23.2 Å². The monoisotopic (exact) mass is 319 g/mol. The summed E-state index contributed by atoms with van der Waals surface area (Å²) in [6, 6.07) is 5.75. The highest BCUT2D eigenvalue weighted by Gasteiger charge is 2.54. The maximum absolute atomic E-state index is 13.5. The maximum atomic E-state index is 13.5. The van der Waals surface area contributed by atoms with Crippen LogP contribution in [0.2, 0.25) is 0 Å². The van der Waals surface area contributed by atoms with Crippen LogP contribution < -0.4 is 0 Å². The van der Waals surface area contributed by atoms with E-state index in [1.54, 1.807) is 6.07 Å². The van der Waals surface area contributed by atoms with Crippen molar-refractivity contribution in [1.82, 2.24) is 0 Å². The number of hydrogen-bond donors (Lipinski definition) is 1. The first-order valence-corrected chi connectivity index (χ1v) is 7.34. The van der Waals surface area contributed by atoms with Crippen molar-refractivity contribution < 1.29 is 23.6 Å². The molecule has 0 radical (unpaired) electrons. The highest BCUT2D eigenvalue weighted by molar-refractivity contribution is 6.48. The van der Waals surface area contributed by atoms with E-state index in [1.807, 2.05) is 27.7 Å². The molecule has 1 fully saturated rings. The van der Waals surface area contributed by atoms with Crippen LogP contribution in [0.5, 0.6) is 0 Å². The summed E-state index contributed by atoms with van der Waals surface area (Å²) in [6.45, 7) is 7.48. The predicted octanol–water partition coefficient (Wildman–Crippen LogP) is 2.89. The summed E-state index contributed by atoms with van der Waals surface area (Å²) in [6.07, 6.45) is -0.243. The smallest absolute Gasteiger partial charge is 0.466 e. The number of nitriles is 1. The third-order valence-electron chi connectivity index (χ3n) is 4.53. The second-order valence-corrected chi connectivity index (χ2v) is 6.68. The third-order valence-corrected chi connectivity index (χ3v) is 4.53. The van der Waals surface area contributed by atoms with Gasteiger partial charge in [-0.15, -0.1) is 0 Å². The van der Waals surface area contributed by atoms with E-state index in [0.29, 0.717) is 5.56 Å². The highest BCUT2D eigenvalue weighted by Crippen LogP contribution is 2.41. The Kier molecular flexibility index (Phi) is 4.51. The lowest BCUT2D eigenvalue weighted by Gasteiger charge is -2.32. The van der Waals surface area contributed by atoms with Gasteiger partial charge in [-0.05, 0) is 45.4 Å². The number of carbonyl (C=O) groups is 1. The molecule has 1 aromatic rings. The van der Waals surface area contributed by atoms with Crippen molar-refractivity contribution in [3.8, 4) is 6.07 Å². The largest absolute Gasteiger partial charge is 0.481 e. The molecule has 0 aliphatic carbocycles. The molecule has 0 bridgehead atoms. The summed E-state index contributed by atoms with van der Waals surface area (Å²) >= 11 is 0. The number of aliphatic carboxylic acids is 1. The zero-order valence-electron chi connectivity index (χ0n) is 13.6. The molecule has 1 aromatic carbocycles. The van der Waals surface area contributed by atoms with Crippen molar-refractivity contribution in [2.24, 2.45) is 0 Å². The Morgan fingerprint density at radius 1 is 1.35 bits per heavy atom. The molecule has 1 unspecified atom stereocenters. The zero-order chi connectivity index (χ0) is 17.4. The summed E-state index contributed by atoms with van der Waals surface area (Å²) in [4.78, 5) is 11.2. The number of benzene rings is 1. The number of rotatable bonds is 4. The molecule has 1 aliphatic rings. The topological polar surface area (TPSA) is 79.5 Å². The molecule has 0 amide bonds. The fourth-order valence-electron chi connectivity index (χ4n) is 2.47. The van der Waals surface area contributed by atoms with E-state index in [2.05, 4.69) is 0 Å². The van der Waals surface area contributed by atoms with E-state index in [0.717, 1.165) is 6.07 Å². The molecule has 1 heterocycles. The van der Waals surface area contributed by atoms with Gasteiger partial charge in [0.15, 0.2) is 0 Å². The normalized spacial score (nSPS) is 20.1. The molecule has 1 saturated heterocycles. The molecule has 7 heteroatoms. The molecular weight excluding hydrogens is 300 g/mol. The molecule has 1 atom stereocenters. The van der Waals surface area contributed by atoms with Crippen molar-refractivity contribution in [2.45, 2.75) is 51.1 Å². The lowest BCUT2D eigenvalue weighted by molar-refractivity contribution is -0.137. The molecule has 1 N–H and O–H groups in total. The van der Waals surface area contributed by atoms with Crippen LogP contribution in [0.25, 0.3) is 0 Å². The molecule has 23 heavy (non-hydrogen) atoms. The predicted molar refractivity (Wildman–Crippen MR) is 82.2 cm³/mol.